The number of rotatable bonds is 6. The van der Waals surface area contributed by atoms with Crippen LogP contribution in [-0.2, 0) is 0 Å². The van der Waals surface area contributed by atoms with Crippen LogP contribution in [0, 0.1) is 0 Å². The van der Waals surface area contributed by atoms with Gasteiger partial charge in [0.25, 0.3) is 0 Å². The molecule has 6 heteroatoms. The third-order valence-corrected chi connectivity index (χ3v) is 6.31. The van der Waals surface area contributed by atoms with Crippen molar-refractivity contribution in [2.45, 2.75) is 62.5 Å². The molecule has 0 aromatic rings. The normalized spacial score (nSPS) is 23.4. The van der Waals surface area contributed by atoms with Crippen LogP contribution in [0.25, 0.3) is 0 Å². The largest absolute Gasteiger partial charge is 0.355 e. The molecule has 0 aliphatic heterocycles. The minimum Gasteiger partial charge on any atom is -0.355 e. The predicted molar refractivity (Wildman–Crippen MR) is 112 cm³/mol. The average Bonchev–Trinajstić information content (AvgIpc) is 2.44. The van der Waals surface area contributed by atoms with E-state index in [4.69, 9.17) is 0 Å². The van der Waals surface area contributed by atoms with Crippen LogP contribution >= 0.6 is 47.5 Å². The maximum absolute atomic E-state index is 4.37. The lowest BCUT2D eigenvalue weighted by atomic mass is 9.95. The number of hydrogen-bond donors (Lipinski definition) is 2. The van der Waals surface area contributed by atoms with E-state index >= 15 is 0 Å². The summed E-state index contributed by atoms with van der Waals surface area (Å²) >= 11 is 3.99. The fraction of sp³-hybridized carbons (Fsp3) is 0.933. The molecule has 0 spiro atoms. The van der Waals surface area contributed by atoms with E-state index in [-0.39, 0.29) is 28.7 Å². The number of nitrogens with zero attached hydrogens (tertiary/aromatic N) is 1. The van der Waals surface area contributed by atoms with Gasteiger partial charge in [0.1, 0.15) is 0 Å². The highest BCUT2D eigenvalue weighted by atomic mass is 127. The molecule has 1 rings (SSSR count). The summed E-state index contributed by atoms with van der Waals surface area (Å²) in [4.78, 5) is 4.37. The van der Waals surface area contributed by atoms with Crippen LogP contribution in [0.3, 0.4) is 0 Å². The van der Waals surface area contributed by atoms with Crippen LogP contribution < -0.4 is 10.6 Å². The third-order valence-electron chi connectivity index (χ3n) is 3.83. The Balaban J connectivity index is 0.00000400. The van der Waals surface area contributed by atoms with Gasteiger partial charge in [-0.05, 0) is 45.1 Å². The molecule has 21 heavy (non-hydrogen) atoms. The Bertz CT molecular complexity index is 309. The SMILES string of the molecule is CCSC1CCCC(NC(=NC)NCC(C)(C)SC)C1.I. The number of aliphatic imine (C=N–C) groups is 1. The Hall–Kier alpha value is 0.700. The van der Waals surface area contributed by atoms with E-state index in [0.29, 0.717) is 6.04 Å². The lowest BCUT2D eigenvalue weighted by molar-refractivity contribution is 0.418. The number of hydrogen-bond acceptors (Lipinski definition) is 3. The van der Waals surface area contributed by atoms with Gasteiger partial charge in [-0.3, -0.25) is 4.99 Å². The molecule has 0 aromatic carbocycles. The molecule has 0 aromatic heterocycles. The summed E-state index contributed by atoms with van der Waals surface area (Å²) < 4.78 is 0.241. The minimum atomic E-state index is 0. The predicted octanol–water partition coefficient (Wildman–Crippen LogP) is 3.98. The molecule has 0 saturated heterocycles. The van der Waals surface area contributed by atoms with Crippen molar-refractivity contribution in [3.05, 3.63) is 0 Å². The second kappa shape index (κ2) is 11.3. The second-order valence-electron chi connectivity index (χ2n) is 5.97. The third kappa shape index (κ3) is 8.79. The first-order valence-corrected chi connectivity index (χ1v) is 9.92. The first kappa shape index (κ1) is 21.7. The molecule has 126 valence electrons. The highest BCUT2D eigenvalue weighted by Crippen LogP contribution is 2.28. The van der Waals surface area contributed by atoms with Gasteiger partial charge in [0.05, 0.1) is 0 Å². The van der Waals surface area contributed by atoms with Crippen molar-refractivity contribution in [2.75, 3.05) is 25.6 Å². The lowest BCUT2D eigenvalue weighted by Gasteiger charge is -2.31. The van der Waals surface area contributed by atoms with Crippen molar-refractivity contribution in [1.29, 1.82) is 0 Å². The van der Waals surface area contributed by atoms with Crippen molar-refractivity contribution in [2.24, 2.45) is 4.99 Å². The Morgan fingerprint density at radius 1 is 1.33 bits per heavy atom. The summed E-state index contributed by atoms with van der Waals surface area (Å²) in [5.41, 5.74) is 0. The van der Waals surface area contributed by atoms with Crippen LogP contribution in [0.1, 0.15) is 46.5 Å². The van der Waals surface area contributed by atoms with E-state index in [1.807, 2.05) is 18.8 Å². The Kier molecular flexibility index (Phi) is 11.6. The average molecular weight is 445 g/mol. The summed E-state index contributed by atoms with van der Waals surface area (Å²) in [6, 6.07) is 0.580. The Labute approximate surface area is 156 Å². The van der Waals surface area contributed by atoms with E-state index in [0.717, 1.165) is 17.8 Å². The van der Waals surface area contributed by atoms with E-state index in [1.165, 1.54) is 31.4 Å². The van der Waals surface area contributed by atoms with E-state index in [2.05, 4.69) is 54.4 Å². The zero-order chi connectivity index (χ0) is 15.0. The summed E-state index contributed by atoms with van der Waals surface area (Å²) in [5, 5.41) is 7.90. The number of guanidine groups is 1. The van der Waals surface area contributed by atoms with Crippen molar-refractivity contribution in [3.8, 4) is 0 Å². The summed E-state index contributed by atoms with van der Waals surface area (Å²) in [5.74, 6) is 2.19. The molecule has 2 N–H and O–H groups in total. The van der Waals surface area contributed by atoms with Gasteiger partial charge < -0.3 is 10.6 Å². The monoisotopic (exact) mass is 445 g/mol. The van der Waals surface area contributed by atoms with Crippen molar-refractivity contribution in [1.82, 2.24) is 10.6 Å². The fourth-order valence-electron chi connectivity index (χ4n) is 2.42. The standard InChI is InChI=1S/C15H31N3S2.HI/c1-6-20-13-9-7-8-12(10-13)18-14(16-4)17-11-15(2,3)19-5;/h12-13H,6-11H2,1-5H3,(H2,16,17,18);1H. The van der Waals surface area contributed by atoms with Crippen LogP contribution in [0.2, 0.25) is 0 Å². The zero-order valence-electron chi connectivity index (χ0n) is 14.1. The van der Waals surface area contributed by atoms with Gasteiger partial charge in [-0.2, -0.15) is 23.5 Å². The molecule has 0 heterocycles. The van der Waals surface area contributed by atoms with Crippen LogP contribution in [-0.4, -0.2) is 47.6 Å². The molecular formula is C15H32IN3S2. The molecule has 1 saturated carbocycles. The smallest absolute Gasteiger partial charge is 0.191 e. The second-order valence-corrected chi connectivity index (χ2v) is 9.07. The Morgan fingerprint density at radius 2 is 2.05 bits per heavy atom. The molecule has 0 radical (unpaired) electrons. The molecule has 0 bridgehead atoms. The topological polar surface area (TPSA) is 36.4 Å². The molecule has 1 fully saturated rings. The molecule has 2 atom stereocenters. The Morgan fingerprint density at radius 3 is 2.62 bits per heavy atom. The molecular weight excluding hydrogens is 413 g/mol. The van der Waals surface area contributed by atoms with Crippen LogP contribution in [0.5, 0.6) is 0 Å². The maximum atomic E-state index is 4.37. The minimum absolute atomic E-state index is 0. The summed E-state index contributed by atoms with van der Waals surface area (Å²) in [6.07, 6.45) is 7.41. The van der Waals surface area contributed by atoms with Crippen LogP contribution in [0.4, 0.5) is 0 Å². The van der Waals surface area contributed by atoms with Crippen molar-refractivity contribution >= 4 is 53.5 Å². The zero-order valence-corrected chi connectivity index (χ0v) is 18.0. The van der Waals surface area contributed by atoms with E-state index < -0.39 is 0 Å². The van der Waals surface area contributed by atoms with Crippen molar-refractivity contribution in [3.63, 3.8) is 0 Å². The quantitative estimate of drug-likeness (QED) is 0.369. The van der Waals surface area contributed by atoms with Crippen LogP contribution in [0.15, 0.2) is 4.99 Å². The molecule has 1 aliphatic rings. The fourth-order valence-corrected chi connectivity index (χ4v) is 3.81. The van der Waals surface area contributed by atoms with Gasteiger partial charge in [-0.15, -0.1) is 24.0 Å². The summed E-state index contributed by atoms with van der Waals surface area (Å²) in [7, 11) is 1.86. The molecule has 0 amide bonds. The van der Waals surface area contributed by atoms with E-state index in [9.17, 15) is 0 Å². The first-order chi connectivity index (χ1) is 9.50. The number of halogens is 1. The highest BCUT2D eigenvalue weighted by molar-refractivity contribution is 14.0. The summed E-state index contributed by atoms with van der Waals surface area (Å²) in [6.45, 7) is 7.71. The molecule has 1 aliphatic carbocycles. The number of nitrogens with one attached hydrogen (secondary N) is 2. The van der Waals surface area contributed by atoms with Gasteiger partial charge in [-0.1, -0.05) is 13.3 Å². The van der Waals surface area contributed by atoms with E-state index in [1.54, 1.807) is 0 Å². The van der Waals surface area contributed by atoms with Gasteiger partial charge in [-0.25, -0.2) is 0 Å². The van der Waals surface area contributed by atoms with Gasteiger partial charge in [0.2, 0.25) is 0 Å². The molecule has 2 unspecified atom stereocenters. The first-order valence-electron chi connectivity index (χ1n) is 7.64. The van der Waals surface area contributed by atoms with Gasteiger partial charge in [0.15, 0.2) is 5.96 Å². The highest BCUT2D eigenvalue weighted by Gasteiger charge is 2.23. The van der Waals surface area contributed by atoms with Gasteiger partial charge >= 0.3 is 0 Å². The maximum Gasteiger partial charge on any atom is 0.191 e. The van der Waals surface area contributed by atoms with Crippen molar-refractivity contribution < 1.29 is 0 Å². The number of thioether (sulfide) groups is 2. The lowest BCUT2D eigenvalue weighted by Crippen LogP contribution is -2.48. The molecule has 3 nitrogen and oxygen atoms in total. The van der Waals surface area contributed by atoms with Gasteiger partial charge in [0, 0.05) is 29.6 Å².